The molecule has 2 aromatic rings. The maximum atomic E-state index is 13.4. The van der Waals surface area contributed by atoms with E-state index in [0.29, 0.717) is 18.0 Å². The molecule has 0 saturated carbocycles. The van der Waals surface area contributed by atoms with Gasteiger partial charge in [0.1, 0.15) is 0 Å². The van der Waals surface area contributed by atoms with Crippen LogP contribution in [-0.2, 0) is 14.3 Å². The van der Waals surface area contributed by atoms with Crippen LogP contribution in [0.25, 0.3) is 0 Å². The second-order valence-electron chi connectivity index (χ2n) is 6.85. The number of carbonyl (C=O) groups is 3. The average Bonchev–Trinajstić information content (AvgIpc) is 2.78. The van der Waals surface area contributed by atoms with Crippen molar-refractivity contribution in [3.8, 4) is 11.5 Å². The average molecular weight is 445 g/mol. The van der Waals surface area contributed by atoms with Gasteiger partial charge in [0.2, 0.25) is 5.91 Å². The highest BCUT2D eigenvalue weighted by Gasteiger charge is 2.49. The van der Waals surface area contributed by atoms with Gasteiger partial charge >= 0.3 is 5.97 Å². The van der Waals surface area contributed by atoms with E-state index >= 15 is 0 Å². The lowest BCUT2D eigenvalue weighted by Gasteiger charge is -2.38. The van der Waals surface area contributed by atoms with Gasteiger partial charge in [-0.15, -0.1) is 0 Å². The topological polar surface area (TPSA) is 94.2 Å². The fourth-order valence-electron chi connectivity index (χ4n) is 3.36. The van der Waals surface area contributed by atoms with Crippen LogP contribution in [0.3, 0.4) is 0 Å². The van der Waals surface area contributed by atoms with Crippen molar-refractivity contribution in [3.05, 3.63) is 42.0 Å². The number of para-hydroxylation sites is 1. The number of rotatable bonds is 6. The lowest BCUT2D eigenvalue weighted by Crippen LogP contribution is -2.54. The van der Waals surface area contributed by atoms with Crippen molar-refractivity contribution in [3.63, 3.8) is 0 Å². The van der Waals surface area contributed by atoms with Crippen LogP contribution in [0.5, 0.6) is 11.5 Å². The molecule has 164 valence electrons. The minimum absolute atomic E-state index is 0.0816. The molecule has 9 heteroatoms. The van der Waals surface area contributed by atoms with Gasteiger partial charge in [-0.3, -0.25) is 9.59 Å². The summed E-state index contributed by atoms with van der Waals surface area (Å²) in [6.45, 7) is 3.85. The van der Waals surface area contributed by atoms with Crippen LogP contribution in [0.2, 0.25) is 0 Å². The molecule has 0 aromatic heterocycles. The SMILES string of the molecule is CCN1C(=O)C(C)(C(=O)Nc2cc(OC)c(OC)cc2C(=O)OC)Sc2ccccc21. The molecule has 0 spiro atoms. The van der Waals surface area contributed by atoms with E-state index in [9.17, 15) is 14.4 Å². The van der Waals surface area contributed by atoms with Crippen molar-refractivity contribution in [2.24, 2.45) is 0 Å². The Morgan fingerprint density at radius 1 is 1.10 bits per heavy atom. The number of ether oxygens (including phenoxy) is 3. The van der Waals surface area contributed by atoms with Crippen molar-refractivity contribution in [1.82, 2.24) is 0 Å². The molecule has 2 aromatic carbocycles. The van der Waals surface area contributed by atoms with Gasteiger partial charge in [-0.05, 0) is 26.0 Å². The number of hydrogen-bond donors (Lipinski definition) is 1. The Balaban J connectivity index is 2.02. The van der Waals surface area contributed by atoms with E-state index in [1.54, 1.807) is 11.8 Å². The molecule has 0 fully saturated rings. The summed E-state index contributed by atoms with van der Waals surface area (Å²) in [5, 5.41) is 2.72. The van der Waals surface area contributed by atoms with Crippen molar-refractivity contribution >= 4 is 40.9 Å². The number of fused-ring (bicyclic) bond motifs is 1. The number of thioether (sulfide) groups is 1. The standard InChI is InChI=1S/C22H24N2O6S/c1-6-24-15-9-7-8-10-18(15)31-22(2,21(24)27)20(26)23-14-12-17(29-4)16(28-3)11-13(14)19(25)30-5/h7-12H,6H2,1-5H3,(H,23,26). The van der Waals surface area contributed by atoms with Gasteiger partial charge < -0.3 is 24.4 Å². The zero-order valence-corrected chi connectivity index (χ0v) is 18.8. The quantitative estimate of drug-likeness (QED) is 0.539. The van der Waals surface area contributed by atoms with Gasteiger partial charge in [0.05, 0.1) is 38.3 Å². The number of nitrogens with one attached hydrogen (secondary N) is 1. The summed E-state index contributed by atoms with van der Waals surface area (Å²) >= 11 is 1.18. The lowest BCUT2D eigenvalue weighted by atomic mass is 10.1. The summed E-state index contributed by atoms with van der Waals surface area (Å²) in [6.07, 6.45) is 0. The molecule has 1 N–H and O–H groups in total. The number of hydrogen-bond acceptors (Lipinski definition) is 7. The monoisotopic (exact) mass is 444 g/mol. The molecule has 0 aliphatic carbocycles. The Kier molecular flexibility index (Phi) is 6.45. The second-order valence-corrected chi connectivity index (χ2v) is 8.31. The van der Waals surface area contributed by atoms with Crippen LogP contribution in [0.15, 0.2) is 41.3 Å². The maximum absolute atomic E-state index is 13.4. The molecule has 1 unspecified atom stereocenters. The number of methoxy groups -OCH3 is 3. The molecular weight excluding hydrogens is 420 g/mol. The fraction of sp³-hybridized carbons (Fsp3) is 0.318. The normalized spacial score (nSPS) is 17.6. The Hall–Kier alpha value is -3.20. The van der Waals surface area contributed by atoms with Gasteiger partial charge in [0.25, 0.3) is 5.91 Å². The molecule has 1 aliphatic heterocycles. The molecule has 0 radical (unpaired) electrons. The summed E-state index contributed by atoms with van der Waals surface area (Å²) < 4.78 is 13.9. The van der Waals surface area contributed by atoms with Crippen LogP contribution >= 0.6 is 11.8 Å². The minimum atomic E-state index is -1.44. The second kappa shape index (κ2) is 8.89. The summed E-state index contributed by atoms with van der Waals surface area (Å²) in [5.41, 5.74) is 1.01. The van der Waals surface area contributed by atoms with E-state index in [1.807, 2.05) is 31.2 Å². The third-order valence-electron chi connectivity index (χ3n) is 5.05. The molecule has 2 amide bonds. The number of amides is 2. The summed E-state index contributed by atoms with van der Waals surface area (Å²) in [6, 6.07) is 10.3. The predicted molar refractivity (Wildman–Crippen MR) is 118 cm³/mol. The Morgan fingerprint density at radius 3 is 2.35 bits per heavy atom. The third-order valence-corrected chi connectivity index (χ3v) is 6.38. The summed E-state index contributed by atoms with van der Waals surface area (Å²) in [7, 11) is 4.12. The zero-order chi connectivity index (χ0) is 22.8. The molecule has 31 heavy (non-hydrogen) atoms. The fourth-order valence-corrected chi connectivity index (χ4v) is 4.57. The van der Waals surface area contributed by atoms with E-state index in [2.05, 4.69) is 5.32 Å². The highest BCUT2D eigenvalue weighted by Crippen LogP contribution is 2.46. The van der Waals surface area contributed by atoms with Gasteiger partial charge in [0.15, 0.2) is 16.2 Å². The van der Waals surface area contributed by atoms with E-state index < -0.39 is 16.6 Å². The van der Waals surface area contributed by atoms with Crippen molar-refractivity contribution in [1.29, 1.82) is 0 Å². The van der Waals surface area contributed by atoms with Crippen molar-refractivity contribution < 1.29 is 28.6 Å². The summed E-state index contributed by atoms with van der Waals surface area (Å²) in [5.74, 6) is -0.936. The number of benzene rings is 2. The third kappa shape index (κ3) is 3.93. The van der Waals surface area contributed by atoms with Crippen LogP contribution in [0.1, 0.15) is 24.2 Å². The molecular formula is C22H24N2O6S. The van der Waals surface area contributed by atoms with E-state index in [4.69, 9.17) is 14.2 Å². The molecule has 0 bridgehead atoms. The maximum Gasteiger partial charge on any atom is 0.340 e. The van der Waals surface area contributed by atoms with Crippen LogP contribution in [0, 0.1) is 0 Å². The number of anilines is 2. The molecule has 1 heterocycles. The first-order valence-electron chi connectivity index (χ1n) is 9.56. The highest BCUT2D eigenvalue weighted by atomic mass is 32.2. The molecule has 1 atom stereocenters. The number of nitrogens with zero attached hydrogens (tertiary/aromatic N) is 1. The molecule has 3 rings (SSSR count). The van der Waals surface area contributed by atoms with Gasteiger partial charge in [0, 0.05) is 23.6 Å². The first kappa shape index (κ1) is 22.5. The predicted octanol–water partition coefficient (Wildman–Crippen LogP) is 3.35. The van der Waals surface area contributed by atoms with E-state index in [1.165, 1.54) is 45.2 Å². The van der Waals surface area contributed by atoms with Crippen LogP contribution in [0.4, 0.5) is 11.4 Å². The van der Waals surface area contributed by atoms with Crippen molar-refractivity contribution in [2.45, 2.75) is 23.5 Å². The Labute approximate surface area is 184 Å². The van der Waals surface area contributed by atoms with Crippen LogP contribution in [-0.4, -0.2) is 50.4 Å². The van der Waals surface area contributed by atoms with E-state index in [0.717, 1.165) is 10.6 Å². The van der Waals surface area contributed by atoms with Crippen LogP contribution < -0.4 is 19.7 Å². The largest absolute Gasteiger partial charge is 0.493 e. The molecule has 0 saturated heterocycles. The Bertz CT molecular complexity index is 1040. The lowest BCUT2D eigenvalue weighted by molar-refractivity contribution is -0.128. The van der Waals surface area contributed by atoms with Crippen molar-refractivity contribution in [2.75, 3.05) is 38.1 Å². The first-order valence-corrected chi connectivity index (χ1v) is 10.4. The number of esters is 1. The molecule has 1 aliphatic rings. The zero-order valence-electron chi connectivity index (χ0n) is 18.0. The molecule has 8 nitrogen and oxygen atoms in total. The minimum Gasteiger partial charge on any atom is -0.493 e. The van der Waals surface area contributed by atoms with Gasteiger partial charge in [-0.1, -0.05) is 23.9 Å². The Morgan fingerprint density at radius 2 is 1.74 bits per heavy atom. The van der Waals surface area contributed by atoms with Gasteiger partial charge in [-0.25, -0.2) is 4.79 Å². The van der Waals surface area contributed by atoms with Gasteiger partial charge in [-0.2, -0.15) is 0 Å². The number of carbonyl (C=O) groups excluding carboxylic acids is 3. The summed E-state index contributed by atoms with van der Waals surface area (Å²) in [4.78, 5) is 41.4. The highest BCUT2D eigenvalue weighted by molar-refractivity contribution is 8.02. The smallest absolute Gasteiger partial charge is 0.340 e. The van der Waals surface area contributed by atoms with E-state index in [-0.39, 0.29) is 17.2 Å². The first-order chi connectivity index (χ1) is 14.8.